The standard InChI is InChI=1S/C18H19N5O2/c1-10-8-11(2)15-13(9-10)14(5-7-25-15)20-17(24)16-21-18-19-6-4-12(3)23(18)22-16/h4,6,8-9,14H,5,7H2,1-3H3,(H,20,24)/t14-/m0/s1. The SMILES string of the molecule is Cc1cc(C)c2c(c1)[C@@H](NC(=O)c1nc3nccc(C)n3n1)CCO2. The summed E-state index contributed by atoms with van der Waals surface area (Å²) in [7, 11) is 0. The van der Waals surface area contributed by atoms with E-state index >= 15 is 0 Å². The second kappa shape index (κ2) is 5.84. The molecular weight excluding hydrogens is 318 g/mol. The molecule has 0 saturated heterocycles. The average molecular weight is 337 g/mol. The number of benzene rings is 1. The number of carbonyl (C=O) groups is 1. The summed E-state index contributed by atoms with van der Waals surface area (Å²) < 4.78 is 7.36. The van der Waals surface area contributed by atoms with Crippen LogP contribution in [-0.4, -0.2) is 32.1 Å². The van der Waals surface area contributed by atoms with Crippen LogP contribution < -0.4 is 10.1 Å². The van der Waals surface area contributed by atoms with Crippen molar-refractivity contribution < 1.29 is 9.53 Å². The lowest BCUT2D eigenvalue weighted by atomic mass is 9.95. The van der Waals surface area contributed by atoms with Crippen LogP contribution >= 0.6 is 0 Å². The normalized spacial score (nSPS) is 16.4. The van der Waals surface area contributed by atoms with Gasteiger partial charge in [0.25, 0.3) is 11.7 Å². The molecule has 7 heteroatoms. The fourth-order valence-electron chi connectivity index (χ4n) is 3.25. The summed E-state index contributed by atoms with van der Waals surface area (Å²) in [6, 6.07) is 5.86. The zero-order valence-corrected chi connectivity index (χ0v) is 14.4. The smallest absolute Gasteiger partial charge is 0.291 e. The van der Waals surface area contributed by atoms with E-state index in [4.69, 9.17) is 4.74 Å². The molecule has 2 aromatic heterocycles. The topological polar surface area (TPSA) is 81.4 Å². The molecule has 25 heavy (non-hydrogen) atoms. The Bertz CT molecular complexity index is 979. The van der Waals surface area contributed by atoms with Gasteiger partial charge in [0.05, 0.1) is 12.6 Å². The lowest BCUT2D eigenvalue weighted by Crippen LogP contribution is -2.33. The number of aryl methyl sites for hydroxylation is 3. The molecule has 0 saturated carbocycles. The molecule has 0 spiro atoms. The van der Waals surface area contributed by atoms with E-state index in [1.54, 1.807) is 10.7 Å². The zero-order chi connectivity index (χ0) is 17.6. The number of hydrogen-bond donors (Lipinski definition) is 1. The number of aromatic nitrogens is 4. The van der Waals surface area contributed by atoms with E-state index < -0.39 is 0 Å². The predicted octanol–water partition coefficient (Wildman–Crippen LogP) is 2.30. The Morgan fingerprint density at radius 1 is 1.32 bits per heavy atom. The van der Waals surface area contributed by atoms with Gasteiger partial charge in [0, 0.05) is 23.9 Å². The molecule has 1 amide bonds. The lowest BCUT2D eigenvalue weighted by molar-refractivity contribution is 0.0914. The third-order valence-corrected chi connectivity index (χ3v) is 4.41. The highest BCUT2D eigenvalue weighted by molar-refractivity contribution is 5.91. The highest BCUT2D eigenvalue weighted by Gasteiger charge is 2.26. The average Bonchev–Trinajstić information content (AvgIpc) is 3.01. The minimum absolute atomic E-state index is 0.115. The molecule has 0 fully saturated rings. The van der Waals surface area contributed by atoms with E-state index in [1.165, 1.54) is 0 Å². The fourth-order valence-corrected chi connectivity index (χ4v) is 3.25. The molecule has 0 bridgehead atoms. The molecule has 1 N–H and O–H groups in total. The molecule has 4 rings (SSSR count). The minimum atomic E-state index is -0.304. The van der Waals surface area contributed by atoms with Crippen LogP contribution in [0.2, 0.25) is 0 Å². The van der Waals surface area contributed by atoms with E-state index in [2.05, 4.69) is 32.5 Å². The second-order valence-corrected chi connectivity index (χ2v) is 6.40. The first-order chi connectivity index (χ1) is 12.0. The summed E-state index contributed by atoms with van der Waals surface area (Å²) in [6.45, 7) is 6.53. The van der Waals surface area contributed by atoms with Gasteiger partial charge in [-0.05, 0) is 32.4 Å². The first-order valence-corrected chi connectivity index (χ1v) is 8.26. The Balaban J connectivity index is 1.64. The Morgan fingerprint density at radius 3 is 2.96 bits per heavy atom. The van der Waals surface area contributed by atoms with Gasteiger partial charge >= 0.3 is 0 Å². The van der Waals surface area contributed by atoms with Crippen molar-refractivity contribution in [3.63, 3.8) is 0 Å². The minimum Gasteiger partial charge on any atom is -0.493 e. The monoisotopic (exact) mass is 337 g/mol. The summed E-state index contributed by atoms with van der Waals surface area (Å²) >= 11 is 0. The van der Waals surface area contributed by atoms with Crippen LogP contribution in [0.4, 0.5) is 0 Å². The molecule has 1 aromatic carbocycles. The number of carbonyl (C=O) groups excluding carboxylic acids is 1. The van der Waals surface area contributed by atoms with Crippen molar-refractivity contribution in [1.82, 2.24) is 24.9 Å². The van der Waals surface area contributed by atoms with Crippen LogP contribution in [0.25, 0.3) is 5.78 Å². The van der Waals surface area contributed by atoms with E-state index in [1.807, 2.05) is 26.8 Å². The Labute approximate surface area is 145 Å². The summed E-state index contributed by atoms with van der Waals surface area (Å²) in [6.07, 6.45) is 2.37. The van der Waals surface area contributed by atoms with Gasteiger partial charge in [-0.25, -0.2) is 9.50 Å². The lowest BCUT2D eigenvalue weighted by Gasteiger charge is -2.28. The van der Waals surface area contributed by atoms with Crippen LogP contribution in [0.3, 0.4) is 0 Å². The van der Waals surface area contributed by atoms with Crippen LogP contribution in [-0.2, 0) is 0 Å². The number of amides is 1. The molecule has 1 atom stereocenters. The predicted molar refractivity (Wildman–Crippen MR) is 91.8 cm³/mol. The summed E-state index contributed by atoms with van der Waals surface area (Å²) in [5.74, 6) is 1.10. The number of nitrogens with zero attached hydrogens (tertiary/aromatic N) is 4. The van der Waals surface area contributed by atoms with Crippen molar-refractivity contribution in [2.24, 2.45) is 0 Å². The summed E-state index contributed by atoms with van der Waals surface area (Å²) in [4.78, 5) is 21.0. The molecule has 3 heterocycles. The maximum Gasteiger partial charge on any atom is 0.291 e. The first-order valence-electron chi connectivity index (χ1n) is 8.26. The molecule has 128 valence electrons. The van der Waals surface area contributed by atoms with Crippen LogP contribution in [0, 0.1) is 20.8 Å². The van der Waals surface area contributed by atoms with E-state index in [0.29, 0.717) is 18.8 Å². The molecule has 0 unspecified atom stereocenters. The zero-order valence-electron chi connectivity index (χ0n) is 14.4. The van der Waals surface area contributed by atoms with E-state index in [0.717, 1.165) is 28.1 Å². The van der Waals surface area contributed by atoms with E-state index in [9.17, 15) is 4.79 Å². The Kier molecular flexibility index (Phi) is 3.63. The van der Waals surface area contributed by atoms with Gasteiger partial charge in [0.1, 0.15) is 5.75 Å². The number of ether oxygens (including phenoxy) is 1. The number of hydrogen-bond acceptors (Lipinski definition) is 5. The molecule has 0 aliphatic carbocycles. The van der Waals surface area contributed by atoms with Gasteiger partial charge in [-0.3, -0.25) is 4.79 Å². The van der Waals surface area contributed by atoms with E-state index in [-0.39, 0.29) is 17.8 Å². The van der Waals surface area contributed by atoms with Crippen molar-refractivity contribution in [3.05, 3.63) is 52.6 Å². The summed E-state index contributed by atoms with van der Waals surface area (Å²) in [5.41, 5.74) is 4.11. The number of nitrogens with one attached hydrogen (secondary N) is 1. The Hall–Kier alpha value is -2.96. The highest BCUT2D eigenvalue weighted by Crippen LogP contribution is 2.35. The maximum absolute atomic E-state index is 12.7. The number of rotatable bonds is 2. The van der Waals surface area contributed by atoms with Gasteiger partial charge in [-0.2, -0.15) is 4.98 Å². The third kappa shape index (κ3) is 2.71. The molecule has 1 aliphatic rings. The van der Waals surface area contributed by atoms with Gasteiger partial charge < -0.3 is 10.1 Å². The summed E-state index contributed by atoms with van der Waals surface area (Å²) in [5, 5.41) is 7.31. The molecular formula is C18H19N5O2. The maximum atomic E-state index is 12.7. The van der Waals surface area contributed by atoms with Gasteiger partial charge in [-0.1, -0.05) is 17.7 Å². The van der Waals surface area contributed by atoms with Crippen LogP contribution in [0.15, 0.2) is 24.4 Å². The van der Waals surface area contributed by atoms with Gasteiger partial charge in [0.2, 0.25) is 5.82 Å². The van der Waals surface area contributed by atoms with Crippen LogP contribution in [0.5, 0.6) is 5.75 Å². The quantitative estimate of drug-likeness (QED) is 0.776. The molecule has 7 nitrogen and oxygen atoms in total. The second-order valence-electron chi connectivity index (χ2n) is 6.40. The van der Waals surface area contributed by atoms with Gasteiger partial charge in [-0.15, -0.1) is 5.10 Å². The first kappa shape index (κ1) is 15.6. The van der Waals surface area contributed by atoms with Crippen LogP contribution in [0.1, 0.15) is 45.5 Å². The molecule has 0 radical (unpaired) electrons. The largest absolute Gasteiger partial charge is 0.493 e. The third-order valence-electron chi connectivity index (χ3n) is 4.41. The van der Waals surface area contributed by atoms with Crippen molar-refractivity contribution in [2.75, 3.05) is 6.61 Å². The van der Waals surface area contributed by atoms with Gasteiger partial charge in [0.15, 0.2) is 0 Å². The van der Waals surface area contributed by atoms with Crippen molar-refractivity contribution in [3.8, 4) is 5.75 Å². The van der Waals surface area contributed by atoms with Crippen molar-refractivity contribution in [2.45, 2.75) is 33.2 Å². The fraction of sp³-hybridized carbons (Fsp3) is 0.333. The number of fused-ring (bicyclic) bond motifs is 2. The molecule has 1 aliphatic heterocycles. The Morgan fingerprint density at radius 2 is 2.16 bits per heavy atom. The molecule has 3 aromatic rings. The van der Waals surface area contributed by atoms with Crippen molar-refractivity contribution in [1.29, 1.82) is 0 Å². The van der Waals surface area contributed by atoms with Crippen molar-refractivity contribution >= 4 is 11.7 Å². The highest BCUT2D eigenvalue weighted by atomic mass is 16.5.